The highest BCUT2D eigenvalue weighted by Gasteiger charge is 2.22. The number of nitrogens with zero attached hydrogens (tertiary/aromatic N) is 3. The van der Waals surface area contributed by atoms with Crippen molar-refractivity contribution >= 4 is 29.1 Å². The van der Waals surface area contributed by atoms with Crippen LogP contribution in [-0.4, -0.2) is 34.2 Å². The largest absolute Gasteiger partial charge is 0.496 e. The molecule has 2 aromatic carbocycles. The zero-order valence-corrected chi connectivity index (χ0v) is 18.1. The highest BCUT2D eigenvalue weighted by atomic mass is 35.5. The van der Waals surface area contributed by atoms with Crippen LogP contribution in [0, 0.1) is 5.82 Å². The monoisotopic (exact) mass is 453 g/mol. The summed E-state index contributed by atoms with van der Waals surface area (Å²) in [5, 5.41) is 7.47. The summed E-state index contributed by atoms with van der Waals surface area (Å²) in [7, 11) is 1.40. The van der Waals surface area contributed by atoms with Crippen molar-refractivity contribution in [1.82, 2.24) is 19.9 Å². The fourth-order valence-electron chi connectivity index (χ4n) is 3.46. The molecule has 4 aromatic rings. The van der Waals surface area contributed by atoms with Crippen LogP contribution in [0.2, 0.25) is 5.02 Å². The Hall–Kier alpha value is -3.65. The maximum atomic E-state index is 15.5. The molecule has 0 bridgehead atoms. The second-order valence-electron chi connectivity index (χ2n) is 7.18. The van der Waals surface area contributed by atoms with Crippen molar-refractivity contribution in [1.29, 1.82) is 0 Å². The number of carbonyl (C=O) groups excluding carboxylic acids is 1. The molecule has 0 aliphatic rings. The van der Waals surface area contributed by atoms with Crippen molar-refractivity contribution in [3.05, 3.63) is 76.7 Å². The molecule has 0 unspecified atom stereocenters. The molecule has 164 valence electrons. The smallest absolute Gasteiger partial charge is 0.258 e. The predicted octanol–water partition coefficient (Wildman–Crippen LogP) is 4.14. The molecular formula is C23H21ClFN5O2. The Morgan fingerprint density at radius 1 is 1.22 bits per heavy atom. The van der Waals surface area contributed by atoms with Crippen LogP contribution in [0.4, 0.5) is 10.3 Å². The molecule has 1 amide bonds. The maximum absolute atomic E-state index is 15.5. The Balaban J connectivity index is 1.52. The number of anilines is 1. The van der Waals surface area contributed by atoms with E-state index in [1.54, 1.807) is 30.5 Å². The van der Waals surface area contributed by atoms with Gasteiger partial charge in [0, 0.05) is 23.3 Å². The molecule has 2 heterocycles. The van der Waals surface area contributed by atoms with E-state index in [9.17, 15) is 4.79 Å². The summed E-state index contributed by atoms with van der Waals surface area (Å²) >= 11 is 5.89. The summed E-state index contributed by atoms with van der Waals surface area (Å²) in [6.07, 6.45) is 3.09. The minimum absolute atomic E-state index is 0.121. The third kappa shape index (κ3) is 4.50. The van der Waals surface area contributed by atoms with E-state index in [-0.39, 0.29) is 22.8 Å². The number of pyridine rings is 1. The zero-order chi connectivity index (χ0) is 22.7. The van der Waals surface area contributed by atoms with E-state index in [4.69, 9.17) is 22.1 Å². The molecule has 0 aliphatic carbocycles. The molecule has 9 heteroatoms. The maximum Gasteiger partial charge on any atom is 0.258 e. The first-order chi connectivity index (χ1) is 15.5. The topological polar surface area (TPSA) is 94.5 Å². The lowest BCUT2D eigenvalue weighted by Gasteiger charge is -2.13. The summed E-state index contributed by atoms with van der Waals surface area (Å²) in [6, 6.07) is 14.0. The second kappa shape index (κ2) is 9.23. The first-order valence-corrected chi connectivity index (χ1v) is 10.4. The summed E-state index contributed by atoms with van der Waals surface area (Å²) in [6.45, 7) is 0.388. The lowest BCUT2D eigenvalue weighted by atomic mass is 10.0. The number of methoxy groups -OCH3 is 1. The number of carbonyl (C=O) groups is 1. The number of nitrogens with one attached hydrogen (secondary N) is 1. The number of aryl methyl sites for hydroxylation is 1. The molecular weight excluding hydrogens is 433 g/mol. The van der Waals surface area contributed by atoms with Gasteiger partial charge < -0.3 is 15.8 Å². The van der Waals surface area contributed by atoms with Crippen LogP contribution in [0.25, 0.3) is 16.8 Å². The lowest BCUT2D eigenvalue weighted by molar-refractivity contribution is 0.0946. The molecule has 2 aromatic heterocycles. The summed E-state index contributed by atoms with van der Waals surface area (Å²) < 4.78 is 22.2. The molecule has 0 spiro atoms. The number of halogens is 2. The Morgan fingerprint density at radius 2 is 2.00 bits per heavy atom. The van der Waals surface area contributed by atoms with E-state index in [0.717, 1.165) is 12.0 Å². The molecule has 0 aliphatic heterocycles. The number of nitrogen functional groups attached to an aromatic ring is 1. The number of nitrogens with two attached hydrogens (primary N) is 1. The predicted molar refractivity (Wildman–Crippen MR) is 121 cm³/mol. The average molecular weight is 454 g/mol. The van der Waals surface area contributed by atoms with Gasteiger partial charge in [0.1, 0.15) is 17.1 Å². The van der Waals surface area contributed by atoms with Gasteiger partial charge in [0.05, 0.1) is 7.11 Å². The van der Waals surface area contributed by atoms with E-state index in [0.29, 0.717) is 29.2 Å². The summed E-state index contributed by atoms with van der Waals surface area (Å²) in [5.41, 5.74) is 7.86. The number of hydrogen-bond acceptors (Lipinski definition) is 5. The fourth-order valence-corrected chi connectivity index (χ4v) is 3.59. The number of aromatic nitrogens is 3. The van der Waals surface area contributed by atoms with Crippen molar-refractivity contribution in [2.24, 2.45) is 0 Å². The van der Waals surface area contributed by atoms with Gasteiger partial charge in [-0.2, -0.15) is 4.98 Å². The quantitative estimate of drug-likeness (QED) is 0.410. The molecule has 4 rings (SSSR count). The number of ether oxygens (including phenoxy) is 1. The first-order valence-electron chi connectivity index (χ1n) is 9.97. The minimum atomic E-state index is -0.670. The zero-order valence-electron chi connectivity index (χ0n) is 17.3. The van der Waals surface area contributed by atoms with E-state index in [1.165, 1.54) is 11.6 Å². The first kappa shape index (κ1) is 21.6. The lowest BCUT2D eigenvalue weighted by Crippen LogP contribution is -2.26. The third-order valence-electron chi connectivity index (χ3n) is 5.06. The van der Waals surface area contributed by atoms with E-state index in [2.05, 4.69) is 15.4 Å². The van der Waals surface area contributed by atoms with Gasteiger partial charge in [-0.25, -0.2) is 8.91 Å². The standard InChI is InChI=1S/C23H21ClFN5O2/c1-32-18-9-8-17(15-10-12-30-19(13-15)28-23(26)29-30)21(25)20(18)22(31)27-11-2-3-14-4-6-16(24)7-5-14/h4-10,12-13H,2-3,11H2,1H3,(H2,26,29)(H,27,31). The normalized spacial score (nSPS) is 11.0. The molecule has 0 radical (unpaired) electrons. The van der Waals surface area contributed by atoms with Crippen LogP contribution < -0.4 is 15.8 Å². The van der Waals surface area contributed by atoms with Crippen LogP contribution in [0.15, 0.2) is 54.7 Å². The van der Waals surface area contributed by atoms with Crippen molar-refractivity contribution in [3.8, 4) is 16.9 Å². The number of amides is 1. The summed E-state index contributed by atoms with van der Waals surface area (Å²) in [4.78, 5) is 16.9. The van der Waals surface area contributed by atoms with Crippen LogP contribution in [0.3, 0.4) is 0 Å². The molecule has 0 saturated heterocycles. The van der Waals surface area contributed by atoms with Gasteiger partial charge in [-0.1, -0.05) is 23.7 Å². The molecule has 7 nitrogen and oxygen atoms in total. The van der Waals surface area contributed by atoms with E-state index < -0.39 is 11.7 Å². The molecule has 0 atom stereocenters. The van der Waals surface area contributed by atoms with Crippen LogP contribution in [0.5, 0.6) is 5.75 Å². The van der Waals surface area contributed by atoms with Gasteiger partial charge >= 0.3 is 0 Å². The van der Waals surface area contributed by atoms with E-state index in [1.807, 2.05) is 24.3 Å². The van der Waals surface area contributed by atoms with Gasteiger partial charge in [0.25, 0.3) is 5.91 Å². The third-order valence-corrected chi connectivity index (χ3v) is 5.31. The van der Waals surface area contributed by atoms with Crippen LogP contribution in [-0.2, 0) is 6.42 Å². The van der Waals surface area contributed by atoms with Crippen molar-refractivity contribution in [3.63, 3.8) is 0 Å². The van der Waals surface area contributed by atoms with E-state index >= 15 is 4.39 Å². The van der Waals surface area contributed by atoms with Gasteiger partial charge in [-0.05, 0) is 60.4 Å². The van der Waals surface area contributed by atoms with Crippen molar-refractivity contribution in [2.75, 3.05) is 19.4 Å². The van der Waals surface area contributed by atoms with Crippen molar-refractivity contribution in [2.45, 2.75) is 12.8 Å². The highest BCUT2D eigenvalue weighted by molar-refractivity contribution is 6.30. The highest BCUT2D eigenvalue weighted by Crippen LogP contribution is 2.31. The van der Waals surface area contributed by atoms with Gasteiger partial charge in [-0.15, -0.1) is 5.10 Å². The fraction of sp³-hybridized carbons (Fsp3) is 0.174. The number of hydrogen-bond donors (Lipinski definition) is 2. The molecule has 32 heavy (non-hydrogen) atoms. The average Bonchev–Trinajstić information content (AvgIpc) is 3.16. The van der Waals surface area contributed by atoms with Crippen molar-refractivity contribution < 1.29 is 13.9 Å². The van der Waals surface area contributed by atoms with Gasteiger partial charge in [0.2, 0.25) is 5.95 Å². The van der Waals surface area contributed by atoms with Gasteiger partial charge in [0.15, 0.2) is 5.65 Å². The van der Waals surface area contributed by atoms with Crippen LogP contribution >= 0.6 is 11.6 Å². The Kier molecular flexibility index (Phi) is 6.23. The Morgan fingerprint density at radius 3 is 2.75 bits per heavy atom. The molecule has 0 fully saturated rings. The Bertz CT molecular complexity index is 1270. The second-order valence-corrected chi connectivity index (χ2v) is 7.61. The number of benzene rings is 2. The SMILES string of the molecule is COc1ccc(-c2ccn3nc(N)nc3c2)c(F)c1C(=O)NCCCc1ccc(Cl)cc1. The summed E-state index contributed by atoms with van der Waals surface area (Å²) in [5.74, 6) is -0.924. The molecule has 0 saturated carbocycles. The number of rotatable bonds is 7. The minimum Gasteiger partial charge on any atom is -0.496 e. The molecule has 3 N–H and O–H groups in total. The Labute approximate surface area is 189 Å². The van der Waals surface area contributed by atoms with Crippen LogP contribution in [0.1, 0.15) is 22.3 Å². The van der Waals surface area contributed by atoms with Gasteiger partial charge in [-0.3, -0.25) is 4.79 Å². The number of fused-ring (bicyclic) bond motifs is 1.